The predicted octanol–water partition coefficient (Wildman–Crippen LogP) is 3.33. The van der Waals surface area contributed by atoms with E-state index >= 15 is 0 Å². The van der Waals surface area contributed by atoms with Crippen LogP contribution >= 0.6 is 0 Å². The van der Waals surface area contributed by atoms with Crippen molar-refractivity contribution < 1.29 is 18.0 Å². The van der Waals surface area contributed by atoms with Gasteiger partial charge in [0.15, 0.2) is 0 Å². The topological polar surface area (TPSA) is 74.8 Å². The highest BCUT2D eigenvalue weighted by Gasteiger charge is 2.35. The number of hydrogen-bond donors (Lipinski definition) is 1. The Morgan fingerprint density at radius 1 is 1.14 bits per heavy atom. The third-order valence-electron chi connectivity index (χ3n) is 4.59. The van der Waals surface area contributed by atoms with Gasteiger partial charge in [0.05, 0.1) is 6.04 Å². The van der Waals surface area contributed by atoms with Crippen LogP contribution in [0.4, 0.5) is 23.8 Å². The highest BCUT2D eigenvalue weighted by Crippen LogP contribution is 2.32. The van der Waals surface area contributed by atoms with Crippen molar-refractivity contribution in [2.45, 2.75) is 12.5 Å². The lowest BCUT2D eigenvalue weighted by Gasteiger charge is -2.37. The molecule has 6 nitrogen and oxygen atoms in total. The number of carbonyl (C=O) groups is 1. The number of nitrogen functional groups attached to an aromatic ring is 1. The maximum Gasteiger partial charge on any atom is 0.341 e. The fourth-order valence-electron chi connectivity index (χ4n) is 3.23. The second-order valence-corrected chi connectivity index (χ2v) is 6.64. The minimum atomic E-state index is -0.708. The van der Waals surface area contributed by atoms with E-state index in [0.29, 0.717) is 12.0 Å². The van der Waals surface area contributed by atoms with Crippen molar-refractivity contribution in [2.75, 3.05) is 18.8 Å². The lowest BCUT2D eigenvalue weighted by molar-refractivity contribution is 0.136. The van der Waals surface area contributed by atoms with Gasteiger partial charge in [-0.15, -0.1) is 0 Å². The Kier molecular flexibility index (Phi) is 4.50. The van der Waals surface area contributed by atoms with Gasteiger partial charge in [-0.25, -0.2) is 28.0 Å². The zero-order valence-electron chi connectivity index (χ0n) is 14.6. The number of hydrazone groups is 1. The number of urea groups is 1. The Morgan fingerprint density at radius 3 is 2.57 bits per heavy atom. The van der Waals surface area contributed by atoms with Crippen LogP contribution in [0.5, 0.6) is 0 Å². The van der Waals surface area contributed by atoms with E-state index in [9.17, 15) is 18.0 Å². The number of carbonyl (C=O) groups excluding carboxylic acids is 1. The van der Waals surface area contributed by atoms with E-state index < -0.39 is 23.5 Å². The van der Waals surface area contributed by atoms with E-state index in [2.05, 4.69) is 10.1 Å². The molecule has 28 heavy (non-hydrogen) atoms. The smallest absolute Gasteiger partial charge is 0.341 e. The summed E-state index contributed by atoms with van der Waals surface area (Å²) in [6.45, 7) is 0.565. The third-order valence-corrected chi connectivity index (χ3v) is 4.59. The first-order valence-electron chi connectivity index (χ1n) is 8.59. The molecular weight excluding hydrogens is 371 g/mol. The van der Waals surface area contributed by atoms with Crippen LogP contribution in [0, 0.1) is 17.5 Å². The molecule has 2 N–H and O–H groups in total. The molecule has 1 atom stereocenters. The largest absolute Gasteiger partial charge is 0.384 e. The van der Waals surface area contributed by atoms with Crippen molar-refractivity contribution >= 4 is 24.1 Å². The molecule has 1 saturated heterocycles. The van der Waals surface area contributed by atoms with E-state index in [-0.39, 0.29) is 30.6 Å². The molecule has 0 saturated carbocycles. The van der Waals surface area contributed by atoms with E-state index in [1.54, 1.807) is 6.08 Å². The van der Waals surface area contributed by atoms with Gasteiger partial charge < -0.3 is 10.6 Å². The summed E-state index contributed by atoms with van der Waals surface area (Å²) in [7, 11) is 0. The van der Waals surface area contributed by atoms with Crippen LogP contribution in [0.15, 0.2) is 41.0 Å². The van der Waals surface area contributed by atoms with Crippen LogP contribution in [-0.4, -0.2) is 40.2 Å². The van der Waals surface area contributed by atoms with E-state index in [0.717, 1.165) is 11.6 Å². The average molecular weight is 387 g/mol. The standard InChI is InChI=1S/C19H16F3N5O/c20-13-6-12(7-14(21)8-13)17-3-4-24-27(17)19(28)26-9-11(10-26)5-16-15(22)1-2-18(23)25-16/h1-2,4-8,17H,3,9-10H2,(H2,23,25). The number of benzene rings is 1. The first kappa shape index (κ1) is 18.0. The molecule has 0 bridgehead atoms. The first-order chi connectivity index (χ1) is 13.4. The van der Waals surface area contributed by atoms with Gasteiger partial charge in [0.1, 0.15) is 29.0 Å². The van der Waals surface area contributed by atoms with Gasteiger partial charge in [0, 0.05) is 31.8 Å². The fraction of sp³-hybridized carbons (Fsp3) is 0.211. The van der Waals surface area contributed by atoms with Crippen molar-refractivity contribution in [1.82, 2.24) is 14.9 Å². The zero-order chi connectivity index (χ0) is 19.8. The number of rotatable bonds is 2. The Labute approximate surface area is 158 Å². The number of amides is 2. The Hall–Kier alpha value is -3.36. The van der Waals surface area contributed by atoms with Crippen LogP contribution in [0.1, 0.15) is 23.7 Å². The van der Waals surface area contributed by atoms with Gasteiger partial charge in [-0.2, -0.15) is 5.10 Å². The Bertz CT molecular complexity index is 979. The molecule has 0 radical (unpaired) electrons. The van der Waals surface area contributed by atoms with Crippen LogP contribution in [0.25, 0.3) is 6.08 Å². The molecule has 2 aromatic rings. The quantitative estimate of drug-likeness (QED) is 0.859. The van der Waals surface area contributed by atoms with E-state index in [4.69, 9.17) is 5.73 Å². The SMILES string of the molecule is Nc1ccc(F)c(C=C2CN(C(=O)N3N=CCC3c3cc(F)cc(F)c3)C2)n1. The number of halogens is 3. The van der Waals surface area contributed by atoms with E-state index in [1.165, 1.54) is 40.4 Å². The monoisotopic (exact) mass is 387 g/mol. The number of nitrogens with two attached hydrogens (primary N) is 1. The van der Waals surface area contributed by atoms with Crippen molar-refractivity contribution in [3.05, 3.63) is 64.6 Å². The molecule has 2 aliphatic rings. The summed E-state index contributed by atoms with van der Waals surface area (Å²) >= 11 is 0. The number of hydrogen-bond acceptors (Lipinski definition) is 4. The summed E-state index contributed by atoms with van der Waals surface area (Å²) in [6.07, 6.45) is 3.46. The zero-order valence-corrected chi connectivity index (χ0v) is 14.6. The van der Waals surface area contributed by atoms with Gasteiger partial charge in [0.25, 0.3) is 0 Å². The van der Waals surface area contributed by atoms with Gasteiger partial charge >= 0.3 is 6.03 Å². The minimum absolute atomic E-state index is 0.120. The molecule has 2 aliphatic heterocycles. The minimum Gasteiger partial charge on any atom is -0.384 e. The molecule has 0 aliphatic carbocycles. The second kappa shape index (κ2) is 6.99. The maximum absolute atomic E-state index is 13.8. The number of pyridine rings is 1. The maximum atomic E-state index is 13.8. The number of likely N-dealkylation sites (tertiary alicyclic amines) is 1. The highest BCUT2D eigenvalue weighted by atomic mass is 19.1. The van der Waals surface area contributed by atoms with Crippen molar-refractivity contribution in [1.29, 1.82) is 0 Å². The summed E-state index contributed by atoms with van der Waals surface area (Å²) in [5.41, 5.74) is 6.83. The Balaban J connectivity index is 1.46. The van der Waals surface area contributed by atoms with Gasteiger partial charge in [-0.1, -0.05) is 0 Å². The fourth-order valence-corrected chi connectivity index (χ4v) is 3.23. The Morgan fingerprint density at radius 2 is 1.86 bits per heavy atom. The van der Waals surface area contributed by atoms with Crippen LogP contribution in [0.2, 0.25) is 0 Å². The summed E-state index contributed by atoms with van der Waals surface area (Å²) in [6, 6.07) is 4.81. The molecule has 1 unspecified atom stereocenters. The van der Waals surface area contributed by atoms with Gasteiger partial charge in [0.2, 0.25) is 0 Å². The average Bonchev–Trinajstić information content (AvgIpc) is 3.09. The first-order valence-corrected chi connectivity index (χ1v) is 8.59. The summed E-state index contributed by atoms with van der Waals surface area (Å²) in [5.74, 6) is -1.71. The predicted molar refractivity (Wildman–Crippen MR) is 97.6 cm³/mol. The van der Waals surface area contributed by atoms with Crippen LogP contribution < -0.4 is 5.73 Å². The van der Waals surface area contributed by atoms with E-state index in [1.807, 2.05) is 0 Å². The van der Waals surface area contributed by atoms with Crippen molar-refractivity contribution in [3.8, 4) is 0 Å². The molecule has 1 fully saturated rings. The highest BCUT2D eigenvalue weighted by molar-refractivity contribution is 5.80. The number of aromatic nitrogens is 1. The summed E-state index contributed by atoms with van der Waals surface area (Å²) in [4.78, 5) is 18.1. The molecule has 0 spiro atoms. The molecule has 4 rings (SSSR count). The van der Waals surface area contributed by atoms with Gasteiger partial charge in [-0.3, -0.25) is 0 Å². The number of nitrogens with zero attached hydrogens (tertiary/aromatic N) is 4. The van der Waals surface area contributed by atoms with Crippen LogP contribution in [0.3, 0.4) is 0 Å². The molecular formula is C19H16F3N5O. The molecule has 9 heteroatoms. The molecule has 3 heterocycles. The van der Waals surface area contributed by atoms with Crippen molar-refractivity contribution in [3.63, 3.8) is 0 Å². The molecule has 1 aromatic heterocycles. The van der Waals surface area contributed by atoms with Gasteiger partial charge in [-0.05, 0) is 41.5 Å². The molecule has 144 valence electrons. The molecule has 1 aromatic carbocycles. The normalized spacial score (nSPS) is 18.4. The number of anilines is 1. The molecule has 2 amide bonds. The lowest BCUT2D eigenvalue weighted by atomic mass is 10.0. The third kappa shape index (κ3) is 3.42. The van der Waals surface area contributed by atoms with Crippen molar-refractivity contribution in [2.24, 2.45) is 5.10 Å². The lowest BCUT2D eigenvalue weighted by Crippen LogP contribution is -2.49. The second-order valence-electron chi connectivity index (χ2n) is 6.64. The summed E-state index contributed by atoms with van der Waals surface area (Å²) < 4.78 is 40.8. The van der Waals surface area contributed by atoms with Crippen LogP contribution in [-0.2, 0) is 0 Å². The summed E-state index contributed by atoms with van der Waals surface area (Å²) in [5, 5.41) is 5.27.